The summed E-state index contributed by atoms with van der Waals surface area (Å²) in [7, 11) is 0. The average molecular weight is 191 g/mol. The summed E-state index contributed by atoms with van der Waals surface area (Å²) in [5.74, 6) is -0.383. The molecule has 0 unspecified atom stereocenters. The Morgan fingerprint density at radius 2 is 2.07 bits per heavy atom. The molecule has 0 atom stereocenters. The first-order valence-corrected chi connectivity index (χ1v) is 4.68. The molecule has 1 heterocycles. The van der Waals surface area contributed by atoms with Crippen molar-refractivity contribution in [2.24, 2.45) is 5.73 Å². The quantitative estimate of drug-likeness (QED) is 0.715. The number of hydrazine groups is 1. The molecule has 4 nitrogen and oxygen atoms in total. The maximum atomic E-state index is 10.8. The SMILES string of the molecule is NC(=O)c1ccc(N2CCCN2)cc1. The molecule has 1 aliphatic rings. The van der Waals surface area contributed by atoms with Crippen molar-refractivity contribution in [1.29, 1.82) is 0 Å². The lowest BCUT2D eigenvalue weighted by molar-refractivity contribution is 0.100. The molecule has 14 heavy (non-hydrogen) atoms. The lowest BCUT2D eigenvalue weighted by Crippen LogP contribution is -2.30. The first-order valence-electron chi connectivity index (χ1n) is 4.68. The number of rotatable bonds is 2. The van der Waals surface area contributed by atoms with Gasteiger partial charge in [-0.25, -0.2) is 5.43 Å². The number of primary amides is 1. The van der Waals surface area contributed by atoms with E-state index in [-0.39, 0.29) is 5.91 Å². The second-order valence-corrected chi connectivity index (χ2v) is 3.32. The Morgan fingerprint density at radius 1 is 1.36 bits per heavy atom. The minimum atomic E-state index is -0.383. The topological polar surface area (TPSA) is 58.4 Å². The molecule has 0 saturated carbocycles. The minimum absolute atomic E-state index is 0.383. The summed E-state index contributed by atoms with van der Waals surface area (Å²) in [6.45, 7) is 2.02. The van der Waals surface area contributed by atoms with Crippen molar-refractivity contribution in [3.63, 3.8) is 0 Å². The first kappa shape index (κ1) is 9.02. The number of hydrogen-bond donors (Lipinski definition) is 2. The summed E-state index contributed by atoms with van der Waals surface area (Å²) in [6, 6.07) is 7.30. The van der Waals surface area contributed by atoms with Crippen molar-refractivity contribution in [1.82, 2.24) is 5.43 Å². The second kappa shape index (κ2) is 3.67. The van der Waals surface area contributed by atoms with Crippen molar-refractivity contribution in [3.05, 3.63) is 29.8 Å². The van der Waals surface area contributed by atoms with Gasteiger partial charge in [-0.3, -0.25) is 4.79 Å². The van der Waals surface area contributed by atoms with Crippen molar-refractivity contribution in [2.45, 2.75) is 6.42 Å². The van der Waals surface area contributed by atoms with Crippen LogP contribution in [0.15, 0.2) is 24.3 Å². The highest BCUT2D eigenvalue weighted by Crippen LogP contribution is 2.15. The number of anilines is 1. The van der Waals surface area contributed by atoms with Gasteiger partial charge in [-0.15, -0.1) is 0 Å². The van der Waals surface area contributed by atoms with Gasteiger partial charge in [0.05, 0.1) is 5.69 Å². The lowest BCUT2D eigenvalue weighted by Gasteiger charge is -2.17. The smallest absolute Gasteiger partial charge is 0.248 e. The van der Waals surface area contributed by atoms with Gasteiger partial charge >= 0.3 is 0 Å². The molecule has 0 radical (unpaired) electrons. The van der Waals surface area contributed by atoms with Crippen LogP contribution in [-0.2, 0) is 0 Å². The Kier molecular flexibility index (Phi) is 2.37. The highest BCUT2D eigenvalue weighted by molar-refractivity contribution is 5.93. The first-order chi connectivity index (χ1) is 6.77. The molecule has 1 aliphatic heterocycles. The van der Waals surface area contributed by atoms with Gasteiger partial charge in [0, 0.05) is 18.7 Å². The molecule has 2 rings (SSSR count). The third-order valence-corrected chi connectivity index (χ3v) is 2.32. The molecule has 1 fully saturated rings. The minimum Gasteiger partial charge on any atom is -0.366 e. The van der Waals surface area contributed by atoms with Crippen LogP contribution < -0.4 is 16.2 Å². The van der Waals surface area contributed by atoms with Gasteiger partial charge < -0.3 is 10.7 Å². The Balaban J connectivity index is 2.16. The molecule has 1 aromatic carbocycles. The van der Waals surface area contributed by atoms with Gasteiger partial charge in [0.25, 0.3) is 0 Å². The Hall–Kier alpha value is -1.55. The molecule has 0 spiro atoms. The summed E-state index contributed by atoms with van der Waals surface area (Å²) in [5.41, 5.74) is 10.0. The third kappa shape index (κ3) is 1.70. The fraction of sp³-hybridized carbons (Fsp3) is 0.300. The summed E-state index contributed by atoms with van der Waals surface area (Å²) < 4.78 is 0. The zero-order chi connectivity index (χ0) is 9.97. The number of benzene rings is 1. The number of carbonyl (C=O) groups excluding carboxylic acids is 1. The van der Waals surface area contributed by atoms with E-state index in [9.17, 15) is 4.79 Å². The molecule has 0 bridgehead atoms. The Labute approximate surface area is 82.7 Å². The van der Waals surface area contributed by atoms with E-state index < -0.39 is 0 Å². The fourth-order valence-corrected chi connectivity index (χ4v) is 1.56. The van der Waals surface area contributed by atoms with Crippen LogP contribution in [0.25, 0.3) is 0 Å². The predicted molar refractivity (Wildman–Crippen MR) is 54.9 cm³/mol. The molecule has 1 saturated heterocycles. The van der Waals surface area contributed by atoms with Crippen LogP contribution in [0.5, 0.6) is 0 Å². The summed E-state index contributed by atoms with van der Waals surface area (Å²) in [6.07, 6.45) is 1.15. The monoisotopic (exact) mass is 191 g/mol. The van der Waals surface area contributed by atoms with E-state index in [1.807, 2.05) is 12.1 Å². The maximum Gasteiger partial charge on any atom is 0.248 e. The summed E-state index contributed by atoms with van der Waals surface area (Å²) in [4.78, 5) is 10.8. The van der Waals surface area contributed by atoms with E-state index >= 15 is 0 Å². The fourth-order valence-electron chi connectivity index (χ4n) is 1.56. The molecule has 74 valence electrons. The van der Waals surface area contributed by atoms with Gasteiger partial charge in [0.15, 0.2) is 0 Å². The number of hydrogen-bond acceptors (Lipinski definition) is 3. The van der Waals surface area contributed by atoms with Gasteiger partial charge in [-0.1, -0.05) is 0 Å². The molecule has 0 aliphatic carbocycles. The second-order valence-electron chi connectivity index (χ2n) is 3.32. The normalized spacial score (nSPS) is 15.9. The molecule has 0 aromatic heterocycles. The number of carbonyl (C=O) groups is 1. The molecular formula is C10H13N3O. The highest BCUT2D eigenvalue weighted by Gasteiger charge is 2.11. The Bertz CT molecular complexity index is 328. The number of nitrogens with one attached hydrogen (secondary N) is 1. The molecular weight excluding hydrogens is 178 g/mol. The largest absolute Gasteiger partial charge is 0.366 e. The standard InChI is InChI=1S/C10H13N3O/c11-10(14)8-2-4-9(5-3-8)13-7-1-6-12-13/h2-5,12H,1,6-7H2,(H2,11,14). The van der Waals surface area contributed by atoms with E-state index in [0.717, 1.165) is 25.2 Å². The van der Waals surface area contributed by atoms with Crippen molar-refractivity contribution in [2.75, 3.05) is 18.1 Å². The summed E-state index contributed by atoms with van der Waals surface area (Å²) in [5, 5.41) is 2.07. The predicted octanol–water partition coefficient (Wildman–Crippen LogP) is 0.500. The van der Waals surface area contributed by atoms with Crippen molar-refractivity contribution >= 4 is 11.6 Å². The highest BCUT2D eigenvalue weighted by atomic mass is 16.1. The van der Waals surface area contributed by atoms with Crippen LogP contribution in [0.3, 0.4) is 0 Å². The van der Waals surface area contributed by atoms with Crippen molar-refractivity contribution in [3.8, 4) is 0 Å². The van der Waals surface area contributed by atoms with E-state index in [0.29, 0.717) is 5.56 Å². The maximum absolute atomic E-state index is 10.8. The Morgan fingerprint density at radius 3 is 2.57 bits per heavy atom. The molecule has 1 aromatic rings. The van der Waals surface area contributed by atoms with E-state index in [2.05, 4.69) is 10.4 Å². The molecule has 4 heteroatoms. The number of nitrogens with zero attached hydrogens (tertiary/aromatic N) is 1. The van der Waals surface area contributed by atoms with E-state index in [1.165, 1.54) is 0 Å². The van der Waals surface area contributed by atoms with E-state index in [4.69, 9.17) is 5.73 Å². The van der Waals surface area contributed by atoms with Gasteiger partial charge in [0.1, 0.15) is 0 Å². The van der Waals surface area contributed by atoms with Gasteiger partial charge in [-0.2, -0.15) is 0 Å². The van der Waals surface area contributed by atoms with Crippen LogP contribution in [0.1, 0.15) is 16.8 Å². The van der Waals surface area contributed by atoms with Crippen LogP contribution in [-0.4, -0.2) is 19.0 Å². The lowest BCUT2D eigenvalue weighted by atomic mass is 10.2. The zero-order valence-electron chi connectivity index (χ0n) is 7.86. The van der Waals surface area contributed by atoms with Crippen molar-refractivity contribution < 1.29 is 4.79 Å². The van der Waals surface area contributed by atoms with E-state index in [1.54, 1.807) is 12.1 Å². The average Bonchev–Trinajstić information content (AvgIpc) is 2.71. The van der Waals surface area contributed by atoms with Crippen LogP contribution >= 0.6 is 0 Å². The van der Waals surface area contributed by atoms with Crippen LogP contribution in [0, 0.1) is 0 Å². The zero-order valence-corrected chi connectivity index (χ0v) is 7.86. The molecule has 1 amide bonds. The third-order valence-electron chi connectivity index (χ3n) is 2.32. The van der Waals surface area contributed by atoms with Gasteiger partial charge in [0.2, 0.25) is 5.91 Å². The summed E-state index contributed by atoms with van der Waals surface area (Å²) >= 11 is 0. The number of amides is 1. The van der Waals surface area contributed by atoms with Crippen LogP contribution in [0.4, 0.5) is 5.69 Å². The van der Waals surface area contributed by atoms with Crippen LogP contribution in [0.2, 0.25) is 0 Å². The molecule has 3 N–H and O–H groups in total. The van der Waals surface area contributed by atoms with Gasteiger partial charge in [-0.05, 0) is 30.7 Å². The number of nitrogens with two attached hydrogens (primary N) is 1.